The standard InChI is InChI=1S/C19H28FN7/c1-14(2)12-26-10-8-22-17(26)11-24-19(21-3)25-15-6-9-27(13-15)18-16(20)5-4-7-23-18/h4-5,7-8,10,14-15H,6,9,11-13H2,1-3H3,(H2,21,24,25). The van der Waals surface area contributed by atoms with Crippen LogP contribution in [0.15, 0.2) is 35.7 Å². The maximum atomic E-state index is 13.9. The lowest BCUT2D eigenvalue weighted by Gasteiger charge is -2.20. The molecule has 7 nitrogen and oxygen atoms in total. The minimum atomic E-state index is -0.280. The van der Waals surface area contributed by atoms with E-state index in [2.05, 4.69) is 44.0 Å². The molecule has 0 spiro atoms. The second-order valence-electron chi connectivity index (χ2n) is 7.20. The fraction of sp³-hybridized carbons (Fsp3) is 0.526. The van der Waals surface area contributed by atoms with Gasteiger partial charge in [0.25, 0.3) is 0 Å². The average Bonchev–Trinajstić information content (AvgIpc) is 3.28. The van der Waals surface area contributed by atoms with Gasteiger partial charge in [0.15, 0.2) is 17.6 Å². The van der Waals surface area contributed by atoms with Crippen molar-refractivity contribution < 1.29 is 4.39 Å². The first-order chi connectivity index (χ1) is 13.1. The molecule has 3 heterocycles. The molecule has 0 aliphatic carbocycles. The summed E-state index contributed by atoms with van der Waals surface area (Å²) in [6, 6.07) is 3.25. The first-order valence-electron chi connectivity index (χ1n) is 9.39. The van der Waals surface area contributed by atoms with Crippen molar-refractivity contribution in [3.8, 4) is 0 Å². The highest BCUT2D eigenvalue weighted by atomic mass is 19.1. The largest absolute Gasteiger partial charge is 0.352 e. The fourth-order valence-corrected chi connectivity index (χ4v) is 3.30. The highest BCUT2D eigenvalue weighted by Gasteiger charge is 2.26. The zero-order chi connectivity index (χ0) is 19.2. The Balaban J connectivity index is 1.53. The summed E-state index contributed by atoms with van der Waals surface area (Å²) in [4.78, 5) is 14.9. The molecule has 0 amide bonds. The van der Waals surface area contributed by atoms with Gasteiger partial charge >= 0.3 is 0 Å². The molecule has 2 aromatic heterocycles. The van der Waals surface area contributed by atoms with E-state index in [1.54, 1.807) is 19.3 Å². The van der Waals surface area contributed by atoms with Gasteiger partial charge in [-0.25, -0.2) is 14.4 Å². The monoisotopic (exact) mass is 373 g/mol. The predicted octanol–water partition coefficient (Wildman–Crippen LogP) is 2.02. The number of nitrogens with one attached hydrogen (secondary N) is 2. The van der Waals surface area contributed by atoms with Crippen molar-refractivity contribution in [1.82, 2.24) is 25.2 Å². The molecule has 0 saturated carbocycles. The maximum absolute atomic E-state index is 13.9. The third-order valence-electron chi connectivity index (χ3n) is 4.57. The first-order valence-corrected chi connectivity index (χ1v) is 9.39. The molecular weight excluding hydrogens is 345 g/mol. The Hall–Kier alpha value is -2.64. The summed E-state index contributed by atoms with van der Waals surface area (Å²) in [6.07, 6.45) is 6.35. The molecule has 1 atom stereocenters. The van der Waals surface area contributed by atoms with Crippen molar-refractivity contribution in [2.45, 2.75) is 39.4 Å². The number of rotatable bonds is 6. The van der Waals surface area contributed by atoms with E-state index in [1.165, 1.54) is 6.07 Å². The van der Waals surface area contributed by atoms with Crippen LogP contribution in [0.4, 0.5) is 10.2 Å². The maximum Gasteiger partial charge on any atom is 0.191 e. The molecule has 0 aromatic carbocycles. The number of guanidine groups is 1. The number of nitrogens with zero attached hydrogens (tertiary/aromatic N) is 5. The van der Waals surface area contributed by atoms with Gasteiger partial charge in [0.05, 0.1) is 6.54 Å². The summed E-state index contributed by atoms with van der Waals surface area (Å²) in [7, 11) is 1.75. The van der Waals surface area contributed by atoms with E-state index in [1.807, 2.05) is 17.3 Å². The van der Waals surface area contributed by atoms with Gasteiger partial charge in [0.1, 0.15) is 5.82 Å². The van der Waals surface area contributed by atoms with Crippen molar-refractivity contribution in [3.05, 3.63) is 42.4 Å². The van der Waals surface area contributed by atoms with Crippen LogP contribution >= 0.6 is 0 Å². The van der Waals surface area contributed by atoms with Crippen LogP contribution in [0.3, 0.4) is 0 Å². The van der Waals surface area contributed by atoms with E-state index in [-0.39, 0.29) is 11.9 Å². The van der Waals surface area contributed by atoms with Gasteiger partial charge < -0.3 is 20.1 Å². The molecule has 1 fully saturated rings. The Bertz CT molecular complexity index is 771. The van der Waals surface area contributed by atoms with Crippen molar-refractivity contribution in [1.29, 1.82) is 0 Å². The minimum absolute atomic E-state index is 0.188. The van der Waals surface area contributed by atoms with Crippen molar-refractivity contribution >= 4 is 11.8 Å². The quantitative estimate of drug-likeness (QED) is 0.599. The van der Waals surface area contributed by atoms with Gasteiger partial charge in [-0.1, -0.05) is 13.8 Å². The average molecular weight is 373 g/mol. The number of imidazole rings is 1. The smallest absolute Gasteiger partial charge is 0.191 e. The molecular formula is C19H28FN7. The normalized spacial score (nSPS) is 17.6. The molecule has 8 heteroatoms. The molecule has 0 bridgehead atoms. The van der Waals surface area contributed by atoms with Gasteiger partial charge in [0.2, 0.25) is 0 Å². The number of aromatic nitrogens is 3. The number of halogens is 1. The van der Waals surface area contributed by atoms with E-state index in [0.29, 0.717) is 24.8 Å². The Morgan fingerprint density at radius 2 is 2.22 bits per heavy atom. The Labute approximate surface area is 159 Å². The molecule has 2 N–H and O–H groups in total. The van der Waals surface area contributed by atoms with Crippen molar-refractivity contribution in [2.24, 2.45) is 10.9 Å². The second-order valence-corrected chi connectivity index (χ2v) is 7.20. The summed E-state index contributed by atoms with van der Waals surface area (Å²) >= 11 is 0. The molecule has 146 valence electrons. The topological polar surface area (TPSA) is 70.4 Å². The van der Waals surface area contributed by atoms with E-state index < -0.39 is 0 Å². The minimum Gasteiger partial charge on any atom is -0.352 e. The van der Waals surface area contributed by atoms with Crippen LogP contribution in [-0.4, -0.2) is 46.7 Å². The van der Waals surface area contributed by atoms with Crippen LogP contribution in [0.5, 0.6) is 0 Å². The van der Waals surface area contributed by atoms with E-state index in [9.17, 15) is 4.39 Å². The number of pyridine rings is 1. The van der Waals surface area contributed by atoms with Crippen LogP contribution in [0.25, 0.3) is 0 Å². The molecule has 0 radical (unpaired) electrons. The van der Waals surface area contributed by atoms with Crippen LogP contribution in [0.2, 0.25) is 0 Å². The zero-order valence-electron chi connectivity index (χ0n) is 16.2. The second kappa shape index (κ2) is 8.83. The van der Waals surface area contributed by atoms with Crippen LogP contribution < -0.4 is 15.5 Å². The van der Waals surface area contributed by atoms with Crippen LogP contribution in [0, 0.1) is 11.7 Å². The van der Waals surface area contributed by atoms with E-state index in [4.69, 9.17) is 0 Å². The summed E-state index contributed by atoms with van der Waals surface area (Å²) in [5.74, 6) is 2.41. The lowest BCUT2D eigenvalue weighted by Crippen LogP contribution is -2.44. The molecule has 1 saturated heterocycles. The third-order valence-corrected chi connectivity index (χ3v) is 4.57. The molecule has 3 rings (SSSR count). The molecule has 1 aliphatic heterocycles. The predicted molar refractivity (Wildman–Crippen MR) is 105 cm³/mol. The van der Waals surface area contributed by atoms with E-state index in [0.717, 1.165) is 31.3 Å². The Morgan fingerprint density at radius 1 is 1.37 bits per heavy atom. The summed E-state index contributed by atoms with van der Waals surface area (Å²) in [5.41, 5.74) is 0. The highest BCUT2D eigenvalue weighted by molar-refractivity contribution is 5.80. The van der Waals surface area contributed by atoms with Gasteiger partial charge in [-0.3, -0.25) is 4.99 Å². The first kappa shape index (κ1) is 19.1. The zero-order valence-corrected chi connectivity index (χ0v) is 16.2. The van der Waals surface area contributed by atoms with E-state index >= 15 is 0 Å². The molecule has 1 unspecified atom stereocenters. The number of anilines is 1. The van der Waals surface area contributed by atoms with Crippen molar-refractivity contribution in [2.75, 3.05) is 25.0 Å². The Morgan fingerprint density at radius 3 is 2.96 bits per heavy atom. The van der Waals surface area contributed by atoms with Crippen LogP contribution in [-0.2, 0) is 13.1 Å². The van der Waals surface area contributed by atoms with Gasteiger partial charge in [0, 0.05) is 51.3 Å². The van der Waals surface area contributed by atoms with Gasteiger partial charge in [-0.15, -0.1) is 0 Å². The summed E-state index contributed by atoms with van der Waals surface area (Å²) < 4.78 is 16.1. The van der Waals surface area contributed by atoms with Gasteiger partial charge in [-0.2, -0.15) is 0 Å². The highest BCUT2D eigenvalue weighted by Crippen LogP contribution is 2.20. The fourth-order valence-electron chi connectivity index (χ4n) is 3.30. The number of hydrogen-bond donors (Lipinski definition) is 2. The summed E-state index contributed by atoms with van der Waals surface area (Å²) in [5, 5.41) is 6.74. The van der Waals surface area contributed by atoms with Crippen LogP contribution in [0.1, 0.15) is 26.1 Å². The summed E-state index contributed by atoms with van der Waals surface area (Å²) in [6.45, 7) is 7.38. The SMILES string of the molecule is CN=C(NCc1nccn1CC(C)C)NC1CCN(c2ncccc2F)C1. The lowest BCUT2D eigenvalue weighted by molar-refractivity contribution is 0.503. The number of aliphatic imine (C=N–C) groups is 1. The third kappa shape index (κ3) is 4.96. The molecule has 27 heavy (non-hydrogen) atoms. The van der Waals surface area contributed by atoms with Crippen molar-refractivity contribution in [3.63, 3.8) is 0 Å². The number of hydrogen-bond acceptors (Lipinski definition) is 4. The lowest BCUT2D eigenvalue weighted by atomic mass is 10.2. The van der Waals surface area contributed by atoms with Gasteiger partial charge in [-0.05, 0) is 24.5 Å². The molecule has 2 aromatic rings. The Kier molecular flexibility index (Phi) is 6.26. The molecule has 1 aliphatic rings.